The Balaban J connectivity index is 1.65. The van der Waals surface area contributed by atoms with Crippen LogP contribution in [0.25, 0.3) is 0 Å². The predicted molar refractivity (Wildman–Crippen MR) is 142 cm³/mol. The highest BCUT2D eigenvalue weighted by Gasteiger charge is 2.59. The lowest BCUT2D eigenvalue weighted by molar-refractivity contribution is -0.127. The fourth-order valence-electron chi connectivity index (χ4n) is 6.17. The summed E-state index contributed by atoms with van der Waals surface area (Å²) in [6, 6.07) is 35.6. The zero-order chi connectivity index (χ0) is 24.7. The molecule has 178 valence electrons. The molecule has 4 nitrogen and oxygen atoms in total. The molecule has 2 aliphatic rings. The largest absolute Gasteiger partial charge is 0.326 e. The number of fused-ring (bicyclic) bond motifs is 3. The van der Waals surface area contributed by atoms with Gasteiger partial charge < -0.3 is 9.80 Å². The average molecular weight is 473 g/mol. The molecule has 0 radical (unpaired) electrons. The Labute approximate surface area is 211 Å². The minimum Gasteiger partial charge on any atom is -0.326 e. The summed E-state index contributed by atoms with van der Waals surface area (Å²) in [5.74, 6) is 0.0132. The van der Waals surface area contributed by atoms with Gasteiger partial charge in [-0.25, -0.2) is 0 Å². The van der Waals surface area contributed by atoms with Crippen molar-refractivity contribution in [2.45, 2.75) is 31.3 Å². The summed E-state index contributed by atoms with van der Waals surface area (Å²) in [5, 5.41) is 0. The first-order chi connectivity index (χ1) is 17.6. The molecule has 0 saturated heterocycles. The van der Waals surface area contributed by atoms with Gasteiger partial charge in [-0.05, 0) is 47.7 Å². The van der Waals surface area contributed by atoms with Crippen LogP contribution in [0.15, 0.2) is 109 Å². The SMILES string of the molecule is CCN1C(=O)[C@@]2(Cc3ccccc31)c1ccccc1C(=O)N(Cc1ccccc1)C2c1ccccc1. The molecule has 0 aliphatic carbocycles. The summed E-state index contributed by atoms with van der Waals surface area (Å²) in [6.45, 7) is 3.01. The number of anilines is 1. The zero-order valence-corrected chi connectivity index (χ0v) is 20.3. The summed E-state index contributed by atoms with van der Waals surface area (Å²) >= 11 is 0. The number of rotatable bonds is 4. The number of benzene rings is 4. The summed E-state index contributed by atoms with van der Waals surface area (Å²) < 4.78 is 0. The zero-order valence-electron chi connectivity index (χ0n) is 20.3. The number of carbonyl (C=O) groups is 2. The van der Waals surface area contributed by atoms with Crippen molar-refractivity contribution in [2.75, 3.05) is 11.4 Å². The first-order valence-electron chi connectivity index (χ1n) is 12.5. The maximum atomic E-state index is 14.7. The molecule has 0 saturated carbocycles. The van der Waals surface area contributed by atoms with Gasteiger partial charge in [0.1, 0.15) is 5.41 Å². The summed E-state index contributed by atoms with van der Waals surface area (Å²) in [5.41, 5.74) is 4.60. The van der Waals surface area contributed by atoms with E-state index in [4.69, 9.17) is 0 Å². The highest BCUT2D eigenvalue weighted by molar-refractivity contribution is 6.09. The van der Waals surface area contributed by atoms with Crippen LogP contribution >= 0.6 is 0 Å². The van der Waals surface area contributed by atoms with Crippen LogP contribution in [0.2, 0.25) is 0 Å². The standard InChI is InChI=1S/C32H28N2O2/c1-2-33-28-20-12-9-17-25(28)21-32(31(33)36)27-19-11-10-18-26(27)30(35)34(22-23-13-5-3-6-14-23)29(32)24-15-7-4-8-16-24/h3-20,29H,2,21-22H2,1H3/t29?,32-/m0/s1. The second-order valence-electron chi connectivity index (χ2n) is 9.60. The van der Waals surface area contributed by atoms with Gasteiger partial charge in [0, 0.05) is 24.3 Å². The monoisotopic (exact) mass is 472 g/mol. The normalized spacial score (nSPS) is 20.9. The molecule has 4 aromatic carbocycles. The van der Waals surface area contributed by atoms with Crippen LogP contribution in [0.3, 0.4) is 0 Å². The Morgan fingerprint density at radius 1 is 0.778 bits per heavy atom. The van der Waals surface area contributed by atoms with E-state index in [0.29, 0.717) is 25.1 Å². The molecule has 6 rings (SSSR count). The molecule has 2 amide bonds. The van der Waals surface area contributed by atoms with E-state index in [2.05, 4.69) is 18.2 Å². The van der Waals surface area contributed by atoms with Crippen molar-refractivity contribution in [1.29, 1.82) is 0 Å². The molecule has 1 spiro atoms. The van der Waals surface area contributed by atoms with Crippen molar-refractivity contribution in [3.63, 3.8) is 0 Å². The number of nitrogens with zero attached hydrogens (tertiary/aromatic N) is 2. The first kappa shape index (κ1) is 22.3. The number of hydrogen-bond acceptors (Lipinski definition) is 2. The van der Waals surface area contributed by atoms with Crippen molar-refractivity contribution >= 4 is 17.5 Å². The first-order valence-corrected chi connectivity index (χ1v) is 12.5. The molecule has 0 fully saturated rings. The van der Waals surface area contributed by atoms with Crippen molar-refractivity contribution in [3.8, 4) is 0 Å². The van der Waals surface area contributed by atoms with Crippen molar-refractivity contribution < 1.29 is 9.59 Å². The second kappa shape index (κ2) is 8.80. The predicted octanol–water partition coefficient (Wildman–Crippen LogP) is 5.93. The number of carbonyl (C=O) groups excluding carboxylic acids is 2. The van der Waals surface area contributed by atoms with Gasteiger partial charge in [-0.3, -0.25) is 9.59 Å². The third-order valence-corrected chi connectivity index (χ3v) is 7.68. The molecule has 0 aromatic heterocycles. The quantitative estimate of drug-likeness (QED) is 0.369. The fourth-order valence-corrected chi connectivity index (χ4v) is 6.17. The van der Waals surface area contributed by atoms with E-state index >= 15 is 0 Å². The van der Waals surface area contributed by atoms with Gasteiger partial charge in [0.25, 0.3) is 5.91 Å². The lowest BCUT2D eigenvalue weighted by atomic mass is 9.61. The number of amides is 2. The van der Waals surface area contributed by atoms with E-state index in [-0.39, 0.29) is 11.8 Å². The van der Waals surface area contributed by atoms with Gasteiger partial charge >= 0.3 is 0 Å². The van der Waals surface area contributed by atoms with E-state index in [9.17, 15) is 9.59 Å². The van der Waals surface area contributed by atoms with E-state index in [1.807, 2.05) is 108 Å². The van der Waals surface area contributed by atoms with Crippen LogP contribution in [0.5, 0.6) is 0 Å². The van der Waals surface area contributed by atoms with E-state index < -0.39 is 11.5 Å². The van der Waals surface area contributed by atoms with Crippen LogP contribution in [-0.2, 0) is 23.2 Å². The summed E-state index contributed by atoms with van der Waals surface area (Å²) in [7, 11) is 0. The van der Waals surface area contributed by atoms with Gasteiger partial charge in [0.05, 0.1) is 6.04 Å². The Bertz CT molecular complexity index is 1430. The van der Waals surface area contributed by atoms with Crippen LogP contribution < -0.4 is 4.90 Å². The molecule has 36 heavy (non-hydrogen) atoms. The highest BCUT2D eigenvalue weighted by Crippen LogP contribution is 2.53. The summed E-state index contributed by atoms with van der Waals surface area (Å²) in [4.78, 5) is 32.7. The molecule has 1 unspecified atom stereocenters. The molecule has 4 heteroatoms. The Morgan fingerprint density at radius 2 is 1.42 bits per heavy atom. The molecule has 0 bridgehead atoms. The topological polar surface area (TPSA) is 40.6 Å². The highest BCUT2D eigenvalue weighted by atomic mass is 16.2. The fraction of sp³-hybridized carbons (Fsp3) is 0.188. The third kappa shape index (κ3) is 3.29. The van der Waals surface area contributed by atoms with Gasteiger partial charge in [-0.15, -0.1) is 0 Å². The van der Waals surface area contributed by atoms with E-state index in [0.717, 1.165) is 27.9 Å². The smallest absolute Gasteiger partial charge is 0.255 e. The Hall–Kier alpha value is -4.18. The number of likely N-dealkylation sites (N-methyl/N-ethyl adjacent to an activating group) is 1. The molecule has 0 N–H and O–H groups in total. The number of para-hydroxylation sites is 1. The maximum absolute atomic E-state index is 14.7. The maximum Gasteiger partial charge on any atom is 0.255 e. The lowest BCUT2D eigenvalue weighted by Gasteiger charge is -2.53. The number of hydrogen-bond donors (Lipinski definition) is 0. The lowest BCUT2D eigenvalue weighted by Crippen LogP contribution is -2.62. The second-order valence-corrected chi connectivity index (χ2v) is 9.60. The van der Waals surface area contributed by atoms with Crippen LogP contribution in [-0.4, -0.2) is 23.3 Å². The minimum absolute atomic E-state index is 0.0383. The van der Waals surface area contributed by atoms with Crippen molar-refractivity contribution in [2.24, 2.45) is 0 Å². The van der Waals surface area contributed by atoms with Gasteiger partial charge in [-0.2, -0.15) is 0 Å². The van der Waals surface area contributed by atoms with E-state index in [1.54, 1.807) is 0 Å². The Morgan fingerprint density at radius 3 is 2.17 bits per heavy atom. The van der Waals surface area contributed by atoms with Crippen LogP contribution in [0.1, 0.15) is 45.6 Å². The molecule has 2 atom stereocenters. The third-order valence-electron chi connectivity index (χ3n) is 7.68. The van der Waals surface area contributed by atoms with Gasteiger partial charge in [0.15, 0.2) is 0 Å². The summed E-state index contributed by atoms with van der Waals surface area (Å²) in [6.07, 6.45) is 0.535. The van der Waals surface area contributed by atoms with Gasteiger partial charge in [-0.1, -0.05) is 97.1 Å². The Kier molecular flexibility index (Phi) is 5.45. The van der Waals surface area contributed by atoms with Gasteiger partial charge in [0.2, 0.25) is 5.91 Å². The van der Waals surface area contributed by atoms with Crippen LogP contribution in [0, 0.1) is 0 Å². The van der Waals surface area contributed by atoms with Crippen molar-refractivity contribution in [3.05, 3.63) is 137 Å². The average Bonchev–Trinajstić information content (AvgIpc) is 2.93. The molecular formula is C32H28N2O2. The minimum atomic E-state index is -0.939. The van der Waals surface area contributed by atoms with Crippen LogP contribution in [0.4, 0.5) is 5.69 Å². The van der Waals surface area contributed by atoms with E-state index in [1.165, 1.54) is 0 Å². The molecular weight excluding hydrogens is 444 g/mol. The van der Waals surface area contributed by atoms with Crippen molar-refractivity contribution in [1.82, 2.24) is 4.90 Å². The molecule has 2 heterocycles. The molecule has 4 aromatic rings. The molecule has 2 aliphatic heterocycles.